The average molecular weight is 761 g/mol. The second-order valence-corrected chi connectivity index (χ2v) is 19.0. The molecule has 286 valence electrons. The molecule has 3 heterocycles. The molecule has 7 aromatic carbocycles. The number of fused-ring (bicyclic) bond motifs is 4. The maximum Gasteiger partial charge on any atom is 0.0579 e. The van der Waals surface area contributed by atoms with Gasteiger partial charge in [-0.3, -0.25) is 0 Å². The van der Waals surface area contributed by atoms with Gasteiger partial charge in [-0.2, -0.15) is 0 Å². The Morgan fingerprint density at radius 1 is 0.475 bits per heavy atom. The van der Waals surface area contributed by atoms with E-state index < -0.39 is 0 Å². The summed E-state index contributed by atoms with van der Waals surface area (Å²) in [6, 6.07) is 56.9. The summed E-state index contributed by atoms with van der Waals surface area (Å²) in [4.78, 5) is 2.34. The Morgan fingerprint density at radius 3 is 1.71 bits per heavy atom. The molecule has 1 unspecified atom stereocenters. The molecule has 0 fully saturated rings. The van der Waals surface area contributed by atoms with E-state index in [4.69, 9.17) is 0 Å². The van der Waals surface area contributed by atoms with Crippen molar-refractivity contribution < 1.29 is 0 Å². The van der Waals surface area contributed by atoms with Crippen LogP contribution in [0.4, 0.5) is 17.1 Å². The molecule has 2 heteroatoms. The number of para-hydroxylation sites is 2. The quantitative estimate of drug-likeness (QED) is 0.170. The molecule has 0 saturated carbocycles. The van der Waals surface area contributed by atoms with Crippen molar-refractivity contribution in [3.8, 4) is 33.4 Å². The lowest BCUT2D eigenvalue weighted by Crippen LogP contribution is -2.40. The first-order valence-electron chi connectivity index (χ1n) is 21.4. The van der Waals surface area contributed by atoms with Crippen LogP contribution in [0.1, 0.15) is 70.2 Å². The Labute approximate surface area is 347 Å². The molecule has 1 aromatic heterocycles. The van der Waals surface area contributed by atoms with E-state index in [1.165, 1.54) is 88.7 Å². The lowest BCUT2D eigenvalue weighted by Gasteiger charge is -2.48. The van der Waals surface area contributed by atoms with E-state index in [0.29, 0.717) is 5.92 Å². The Bertz CT molecular complexity index is 3090. The van der Waals surface area contributed by atoms with Crippen LogP contribution in [0.25, 0.3) is 60.9 Å². The van der Waals surface area contributed by atoms with Crippen molar-refractivity contribution in [1.82, 2.24) is 4.57 Å². The first-order valence-corrected chi connectivity index (χ1v) is 21.4. The topological polar surface area (TPSA) is 8.17 Å². The van der Waals surface area contributed by atoms with Crippen LogP contribution in [0.3, 0.4) is 0 Å². The predicted molar refractivity (Wildman–Crippen MR) is 249 cm³/mol. The van der Waals surface area contributed by atoms with E-state index in [9.17, 15) is 0 Å². The van der Waals surface area contributed by atoms with Crippen molar-refractivity contribution in [3.63, 3.8) is 0 Å². The third-order valence-electron chi connectivity index (χ3n) is 14.8. The average Bonchev–Trinajstić information content (AvgIpc) is 3.71. The van der Waals surface area contributed by atoms with Gasteiger partial charge in [-0.25, -0.2) is 0 Å². The molecule has 0 radical (unpaired) electrons. The smallest absolute Gasteiger partial charge is 0.0579 e. The van der Waals surface area contributed by atoms with Gasteiger partial charge in [0.25, 0.3) is 0 Å². The monoisotopic (exact) mass is 760 g/mol. The van der Waals surface area contributed by atoms with Gasteiger partial charge in [-0.1, -0.05) is 139 Å². The molecule has 2 aliphatic heterocycles. The third kappa shape index (κ3) is 4.63. The highest BCUT2D eigenvalue weighted by molar-refractivity contribution is 6.17. The van der Waals surface area contributed by atoms with Gasteiger partial charge in [0.05, 0.1) is 11.0 Å². The molecule has 0 amide bonds. The number of benzene rings is 7. The Kier molecular flexibility index (Phi) is 6.96. The van der Waals surface area contributed by atoms with Crippen molar-refractivity contribution in [2.75, 3.05) is 4.90 Å². The fourth-order valence-electron chi connectivity index (χ4n) is 11.6. The van der Waals surface area contributed by atoms with Crippen LogP contribution in [0, 0.1) is 5.92 Å². The Morgan fingerprint density at radius 2 is 1.02 bits per heavy atom. The van der Waals surface area contributed by atoms with Crippen molar-refractivity contribution in [2.45, 2.75) is 64.2 Å². The highest BCUT2D eigenvalue weighted by atomic mass is 15.1. The van der Waals surface area contributed by atoms with Gasteiger partial charge >= 0.3 is 0 Å². The number of aromatic nitrogens is 1. The minimum Gasteiger partial charge on any atom is -0.312 e. The molecule has 0 bridgehead atoms. The number of rotatable bonds is 5. The van der Waals surface area contributed by atoms with E-state index >= 15 is 0 Å². The van der Waals surface area contributed by atoms with E-state index in [1.807, 2.05) is 0 Å². The Balaban J connectivity index is 1.08. The lowest BCUT2D eigenvalue weighted by atomic mass is 9.62. The molecule has 8 aromatic rings. The first kappa shape index (κ1) is 34.6. The SMILES string of the molecule is CC1(C)C2=C3C(CC=C2)C(C)(C)c2cc(-c4ccc5c(c4)C(C)(C)c4ccccc4-5)cc4c5cc(-c6ccc(N(c7ccccc7)c7ccccc7)cc6)cc1c5n3c24. The maximum atomic E-state index is 2.71. The van der Waals surface area contributed by atoms with E-state index in [1.54, 1.807) is 0 Å². The van der Waals surface area contributed by atoms with Crippen molar-refractivity contribution in [1.29, 1.82) is 0 Å². The van der Waals surface area contributed by atoms with Crippen LogP contribution in [-0.2, 0) is 16.2 Å². The summed E-state index contributed by atoms with van der Waals surface area (Å²) < 4.78 is 2.71. The summed E-state index contributed by atoms with van der Waals surface area (Å²) in [6.45, 7) is 14.7. The van der Waals surface area contributed by atoms with Gasteiger partial charge < -0.3 is 9.47 Å². The highest BCUT2D eigenvalue weighted by Crippen LogP contribution is 2.60. The molecule has 0 N–H and O–H groups in total. The second kappa shape index (κ2) is 11.9. The molecule has 0 saturated heterocycles. The van der Waals surface area contributed by atoms with E-state index in [0.717, 1.165) is 23.5 Å². The molecule has 2 nitrogen and oxygen atoms in total. The molecular weight excluding hydrogens is 713 g/mol. The summed E-state index contributed by atoms with van der Waals surface area (Å²) in [5.74, 6) is 0.398. The van der Waals surface area contributed by atoms with Crippen molar-refractivity contribution in [2.24, 2.45) is 5.92 Å². The maximum absolute atomic E-state index is 2.71. The van der Waals surface area contributed by atoms with Gasteiger partial charge in [0.2, 0.25) is 0 Å². The minimum absolute atomic E-state index is 0.0498. The Hall–Kier alpha value is -6.38. The number of nitrogens with zero attached hydrogens (tertiary/aromatic N) is 2. The number of allylic oxidation sites excluding steroid dienone is 4. The number of hydrogen-bond acceptors (Lipinski definition) is 1. The molecule has 1 atom stereocenters. The molecule has 12 rings (SSSR count). The number of hydrogen-bond donors (Lipinski definition) is 0. The van der Waals surface area contributed by atoms with Crippen LogP contribution in [-0.4, -0.2) is 4.57 Å². The van der Waals surface area contributed by atoms with Crippen LogP contribution in [0.15, 0.2) is 169 Å². The molecule has 4 aliphatic rings. The minimum atomic E-state index is -0.155. The van der Waals surface area contributed by atoms with Crippen molar-refractivity contribution in [3.05, 3.63) is 192 Å². The molecule has 59 heavy (non-hydrogen) atoms. The van der Waals surface area contributed by atoms with E-state index in [-0.39, 0.29) is 16.2 Å². The van der Waals surface area contributed by atoms with Gasteiger partial charge in [-0.15, -0.1) is 0 Å². The van der Waals surface area contributed by atoms with Gasteiger partial charge in [-0.05, 0) is 134 Å². The third-order valence-corrected chi connectivity index (χ3v) is 14.8. The summed E-state index contributed by atoms with van der Waals surface area (Å²) in [6.07, 6.45) is 5.97. The summed E-state index contributed by atoms with van der Waals surface area (Å²) in [5.41, 5.74) is 22.5. The standard InChI is InChI=1S/C57H48N2/c1-55(2)46-21-14-13-20-42(46)43-29-26-36(32-49(43)55)38-31-45-44-30-37(35-24-27-41(28-25-35)58(39-16-9-7-10-17-39)40-18-11-8-12-19-40)33-50-52(44)59-53(45)51(34-38)57(5,6)48-23-15-22-47(54(48)59)56(50,3)4/h7-22,24-34,48H,23H2,1-6H3. The first-order chi connectivity index (χ1) is 28.5. The fourth-order valence-corrected chi connectivity index (χ4v) is 11.6. The van der Waals surface area contributed by atoms with Crippen molar-refractivity contribution >= 4 is 44.6 Å². The van der Waals surface area contributed by atoms with Gasteiger partial charge in [0, 0.05) is 55.7 Å². The zero-order valence-electron chi connectivity index (χ0n) is 34.8. The van der Waals surface area contributed by atoms with Crippen LogP contribution < -0.4 is 4.90 Å². The molecule has 0 spiro atoms. The van der Waals surface area contributed by atoms with E-state index in [2.05, 4.69) is 215 Å². The van der Waals surface area contributed by atoms with Gasteiger partial charge in [0.15, 0.2) is 0 Å². The van der Waals surface area contributed by atoms with Crippen LogP contribution in [0.2, 0.25) is 0 Å². The van der Waals surface area contributed by atoms with Crippen LogP contribution >= 0.6 is 0 Å². The summed E-state index contributed by atoms with van der Waals surface area (Å²) in [7, 11) is 0. The molecule has 2 aliphatic carbocycles. The largest absolute Gasteiger partial charge is 0.312 e. The summed E-state index contributed by atoms with van der Waals surface area (Å²) in [5, 5.41) is 2.72. The molecular formula is C57H48N2. The highest BCUT2D eigenvalue weighted by Gasteiger charge is 2.48. The normalized spacial score (nSPS) is 18.4. The number of anilines is 3. The predicted octanol–water partition coefficient (Wildman–Crippen LogP) is 15.3. The zero-order chi connectivity index (χ0) is 40.0. The zero-order valence-corrected chi connectivity index (χ0v) is 34.8. The fraction of sp³-hybridized carbons (Fsp3) is 0.193. The lowest BCUT2D eigenvalue weighted by molar-refractivity contribution is 0.371. The second-order valence-electron chi connectivity index (χ2n) is 19.0. The van der Waals surface area contributed by atoms with Crippen LogP contribution in [0.5, 0.6) is 0 Å². The summed E-state index contributed by atoms with van der Waals surface area (Å²) >= 11 is 0. The van der Waals surface area contributed by atoms with Gasteiger partial charge in [0.1, 0.15) is 0 Å².